The lowest BCUT2D eigenvalue weighted by atomic mass is 10.2. The van der Waals surface area contributed by atoms with E-state index in [2.05, 4.69) is 15.5 Å². The number of anilines is 1. The lowest BCUT2D eigenvalue weighted by Gasteiger charge is -2.08. The second-order valence-corrected chi connectivity index (χ2v) is 6.57. The molecule has 9 nitrogen and oxygen atoms in total. The van der Waals surface area contributed by atoms with Crippen molar-refractivity contribution in [3.05, 3.63) is 79.2 Å². The van der Waals surface area contributed by atoms with Gasteiger partial charge in [0.05, 0.1) is 17.0 Å². The van der Waals surface area contributed by atoms with Crippen LogP contribution < -0.4 is 10.9 Å². The number of non-ortho nitro benzene ring substituents is 1. The SMILES string of the molecule is Cc1nnc(NC(=O)c2ccc(=O)n(Cc3ccc([N+](=O)[O-])cc3)c2)s1. The second kappa shape index (κ2) is 7.23. The first-order valence-electron chi connectivity index (χ1n) is 7.47. The van der Waals surface area contributed by atoms with Gasteiger partial charge in [0, 0.05) is 24.4 Å². The van der Waals surface area contributed by atoms with Crippen molar-refractivity contribution >= 4 is 28.1 Å². The second-order valence-electron chi connectivity index (χ2n) is 5.39. The molecular weight excluding hydrogens is 358 g/mol. The molecule has 0 saturated heterocycles. The number of amides is 1. The van der Waals surface area contributed by atoms with E-state index in [-0.39, 0.29) is 17.8 Å². The van der Waals surface area contributed by atoms with Crippen molar-refractivity contribution < 1.29 is 9.72 Å². The Morgan fingerprint density at radius 2 is 1.96 bits per heavy atom. The molecule has 0 saturated carbocycles. The van der Waals surface area contributed by atoms with Gasteiger partial charge in [-0.15, -0.1) is 10.2 Å². The molecular formula is C16H13N5O4S. The van der Waals surface area contributed by atoms with Crippen LogP contribution in [0.3, 0.4) is 0 Å². The zero-order chi connectivity index (χ0) is 18.7. The van der Waals surface area contributed by atoms with E-state index >= 15 is 0 Å². The molecule has 0 aliphatic carbocycles. The predicted octanol–water partition coefficient (Wildman–Crippen LogP) is 2.22. The van der Waals surface area contributed by atoms with E-state index in [4.69, 9.17) is 0 Å². The standard InChI is InChI=1S/C16H13N5O4S/c1-10-18-19-16(26-10)17-15(23)12-4-7-14(22)20(9-12)8-11-2-5-13(6-3-11)21(24)25/h2-7,9H,8H2,1H3,(H,17,19,23). The molecule has 2 heterocycles. The van der Waals surface area contributed by atoms with Gasteiger partial charge in [-0.1, -0.05) is 23.5 Å². The normalized spacial score (nSPS) is 10.5. The molecule has 0 atom stereocenters. The number of nitro groups is 1. The minimum Gasteiger partial charge on any atom is -0.310 e. The Morgan fingerprint density at radius 3 is 2.58 bits per heavy atom. The first-order valence-corrected chi connectivity index (χ1v) is 8.29. The molecule has 0 bridgehead atoms. The number of hydrogen-bond donors (Lipinski definition) is 1. The molecule has 26 heavy (non-hydrogen) atoms. The van der Waals surface area contributed by atoms with Crippen molar-refractivity contribution in [1.29, 1.82) is 0 Å². The number of pyridine rings is 1. The molecule has 0 aliphatic heterocycles. The van der Waals surface area contributed by atoms with Crippen LogP contribution in [0, 0.1) is 17.0 Å². The maximum Gasteiger partial charge on any atom is 0.269 e. The number of carbonyl (C=O) groups excluding carboxylic acids is 1. The van der Waals surface area contributed by atoms with Crippen LogP contribution in [0.5, 0.6) is 0 Å². The van der Waals surface area contributed by atoms with E-state index in [0.29, 0.717) is 16.3 Å². The molecule has 1 aromatic carbocycles. The Morgan fingerprint density at radius 1 is 1.23 bits per heavy atom. The number of carbonyl (C=O) groups is 1. The fourth-order valence-electron chi connectivity index (χ4n) is 2.23. The smallest absolute Gasteiger partial charge is 0.269 e. The van der Waals surface area contributed by atoms with Gasteiger partial charge < -0.3 is 4.57 Å². The zero-order valence-corrected chi connectivity index (χ0v) is 14.4. The van der Waals surface area contributed by atoms with E-state index in [1.54, 1.807) is 19.1 Å². The summed E-state index contributed by atoms with van der Waals surface area (Å²) in [5.74, 6) is -0.404. The van der Waals surface area contributed by atoms with Crippen LogP contribution >= 0.6 is 11.3 Å². The molecule has 132 valence electrons. The minimum absolute atomic E-state index is 0.0263. The Bertz CT molecular complexity index is 1030. The number of nitrogens with one attached hydrogen (secondary N) is 1. The van der Waals surface area contributed by atoms with Crippen molar-refractivity contribution in [2.75, 3.05) is 5.32 Å². The fraction of sp³-hybridized carbons (Fsp3) is 0.125. The predicted molar refractivity (Wildman–Crippen MR) is 95.5 cm³/mol. The van der Waals surface area contributed by atoms with Crippen molar-refractivity contribution in [2.45, 2.75) is 13.5 Å². The number of aromatic nitrogens is 3. The van der Waals surface area contributed by atoms with Crippen LogP contribution in [-0.4, -0.2) is 25.6 Å². The summed E-state index contributed by atoms with van der Waals surface area (Å²) in [6, 6.07) is 8.61. The van der Waals surface area contributed by atoms with Crippen LogP contribution in [0.2, 0.25) is 0 Å². The highest BCUT2D eigenvalue weighted by Gasteiger charge is 2.11. The van der Waals surface area contributed by atoms with Gasteiger partial charge >= 0.3 is 0 Å². The van der Waals surface area contributed by atoms with Gasteiger partial charge in [-0.3, -0.25) is 25.0 Å². The number of nitro benzene ring substituents is 1. The van der Waals surface area contributed by atoms with Crippen molar-refractivity contribution in [1.82, 2.24) is 14.8 Å². The highest BCUT2D eigenvalue weighted by atomic mass is 32.1. The Hall–Kier alpha value is -3.40. The summed E-state index contributed by atoms with van der Waals surface area (Å²) in [6.07, 6.45) is 1.44. The Labute approximate surface area is 151 Å². The summed E-state index contributed by atoms with van der Waals surface area (Å²) >= 11 is 1.25. The van der Waals surface area contributed by atoms with Crippen molar-refractivity contribution in [3.8, 4) is 0 Å². The van der Waals surface area contributed by atoms with Gasteiger partial charge in [0.1, 0.15) is 5.01 Å². The maximum absolute atomic E-state index is 12.3. The first-order chi connectivity index (χ1) is 12.4. The number of nitrogens with zero attached hydrogens (tertiary/aromatic N) is 4. The van der Waals surface area contributed by atoms with E-state index in [1.165, 1.54) is 46.4 Å². The zero-order valence-electron chi connectivity index (χ0n) is 13.6. The quantitative estimate of drug-likeness (QED) is 0.542. The van der Waals surface area contributed by atoms with E-state index < -0.39 is 10.8 Å². The molecule has 1 amide bonds. The number of benzene rings is 1. The Kier molecular flexibility index (Phi) is 4.85. The first kappa shape index (κ1) is 17.4. The van der Waals surface area contributed by atoms with Gasteiger partial charge in [0.25, 0.3) is 17.2 Å². The molecule has 0 unspecified atom stereocenters. The lowest BCUT2D eigenvalue weighted by Crippen LogP contribution is -2.22. The molecule has 3 rings (SSSR count). The van der Waals surface area contributed by atoms with E-state index in [0.717, 1.165) is 5.01 Å². The van der Waals surface area contributed by atoms with Crippen LogP contribution in [0.4, 0.5) is 10.8 Å². The molecule has 3 aromatic rings. The van der Waals surface area contributed by atoms with Crippen LogP contribution in [-0.2, 0) is 6.54 Å². The molecule has 0 fully saturated rings. The number of aryl methyl sites for hydroxylation is 1. The maximum atomic E-state index is 12.3. The molecule has 2 aromatic heterocycles. The molecule has 10 heteroatoms. The van der Waals surface area contributed by atoms with Crippen molar-refractivity contribution in [3.63, 3.8) is 0 Å². The van der Waals surface area contributed by atoms with Crippen molar-refractivity contribution in [2.24, 2.45) is 0 Å². The van der Waals surface area contributed by atoms with Crippen LogP contribution in [0.15, 0.2) is 47.4 Å². The topological polar surface area (TPSA) is 120 Å². The average molecular weight is 371 g/mol. The molecule has 1 N–H and O–H groups in total. The minimum atomic E-state index is -0.490. The van der Waals surface area contributed by atoms with Crippen LogP contribution in [0.25, 0.3) is 0 Å². The van der Waals surface area contributed by atoms with Gasteiger partial charge in [-0.05, 0) is 18.6 Å². The van der Waals surface area contributed by atoms with Gasteiger partial charge in [-0.2, -0.15) is 0 Å². The summed E-state index contributed by atoms with van der Waals surface area (Å²) in [7, 11) is 0. The van der Waals surface area contributed by atoms with Gasteiger partial charge in [-0.25, -0.2) is 0 Å². The largest absolute Gasteiger partial charge is 0.310 e. The highest BCUT2D eigenvalue weighted by molar-refractivity contribution is 7.15. The third kappa shape index (κ3) is 3.98. The number of hydrogen-bond acceptors (Lipinski definition) is 7. The molecule has 0 aliphatic rings. The number of rotatable bonds is 5. The summed E-state index contributed by atoms with van der Waals surface area (Å²) < 4.78 is 1.36. The highest BCUT2D eigenvalue weighted by Crippen LogP contribution is 2.15. The lowest BCUT2D eigenvalue weighted by molar-refractivity contribution is -0.384. The van der Waals surface area contributed by atoms with Gasteiger partial charge in [0.2, 0.25) is 5.13 Å². The fourth-order valence-corrected chi connectivity index (χ4v) is 2.81. The average Bonchev–Trinajstić information content (AvgIpc) is 3.02. The van der Waals surface area contributed by atoms with Crippen LogP contribution in [0.1, 0.15) is 20.9 Å². The third-order valence-corrected chi connectivity index (χ3v) is 4.25. The van der Waals surface area contributed by atoms with E-state index in [1.807, 2.05) is 0 Å². The Balaban J connectivity index is 1.79. The van der Waals surface area contributed by atoms with Gasteiger partial charge in [0.15, 0.2) is 0 Å². The van der Waals surface area contributed by atoms with E-state index in [9.17, 15) is 19.7 Å². The monoisotopic (exact) mass is 371 g/mol. The summed E-state index contributed by atoms with van der Waals surface area (Å²) in [4.78, 5) is 34.5. The third-order valence-electron chi connectivity index (χ3n) is 3.49. The molecule has 0 spiro atoms. The molecule has 0 radical (unpaired) electrons. The summed E-state index contributed by atoms with van der Waals surface area (Å²) in [5.41, 5.74) is 0.683. The summed E-state index contributed by atoms with van der Waals surface area (Å²) in [6.45, 7) is 1.97. The summed E-state index contributed by atoms with van der Waals surface area (Å²) in [5, 5.41) is 22.1.